The second-order valence-corrected chi connectivity index (χ2v) is 5.91. The van der Waals surface area contributed by atoms with Crippen LogP contribution in [0.5, 0.6) is 0 Å². The van der Waals surface area contributed by atoms with E-state index >= 15 is 0 Å². The molecule has 3 heteroatoms. The monoisotopic (exact) mass is 257 g/mol. The zero-order chi connectivity index (χ0) is 13.7. The number of aromatic nitrogens is 1. The summed E-state index contributed by atoms with van der Waals surface area (Å²) in [4.78, 5) is 0. The lowest BCUT2D eigenvalue weighted by molar-refractivity contribution is -0.0318. The van der Waals surface area contributed by atoms with Gasteiger partial charge in [0.05, 0.1) is 6.54 Å². The Morgan fingerprint density at radius 3 is 2.53 bits per heavy atom. The van der Waals surface area contributed by atoms with Crippen LogP contribution in [0.25, 0.3) is 10.9 Å². The fourth-order valence-corrected chi connectivity index (χ4v) is 3.37. The van der Waals surface area contributed by atoms with E-state index in [1.54, 1.807) is 0 Å². The zero-order valence-electron chi connectivity index (χ0n) is 12.5. The van der Waals surface area contributed by atoms with Gasteiger partial charge in [-0.05, 0) is 26.8 Å². The van der Waals surface area contributed by atoms with Crippen molar-refractivity contribution in [3.05, 3.63) is 35.5 Å². The van der Waals surface area contributed by atoms with E-state index in [9.17, 15) is 0 Å². The van der Waals surface area contributed by atoms with Gasteiger partial charge in [0.25, 0.3) is 0 Å². The maximum atomic E-state index is 2.50. The van der Waals surface area contributed by atoms with Crippen LogP contribution >= 0.6 is 0 Å². The van der Waals surface area contributed by atoms with Gasteiger partial charge in [-0.3, -0.25) is 0 Å². The fourth-order valence-electron chi connectivity index (χ4n) is 3.37. The number of hydrogen-bond acceptors (Lipinski definition) is 2. The molecule has 3 rings (SSSR count). The average molecular weight is 257 g/mol. The molecule has 1 unspecified atom stereocenters. The lowest BCUT2D eigenvalue weighted by Crippen LogP contribution is -2.42. The van der Waals surface area contributed by atoms with Crippen LogP contribution < -0.4 is 0 Å². The van der Waals surface area contributed by atoms with E-state index in [1.165, 1.54) is 22.2 Å². The summed E-state index contributed by atoms with van der Waals surface area (Å²) in [6.07, 6.45) is 0. The lowest BCUT2D eigenvalue weighted by Gasteiger charge is -2.39. The molecule has 0 aliphatic carbocycles. The SMILES string of the molecule is CC1c2c(n(C(C)C)c3ccccc23)CN(C)N1C. The number of nitrogens with zero attached hydrogens (tertiary/aromatic N) is 3. The molecule has 0 radical (unpaired) electrons. The Hall–Kier alpha value is -1.32. The Morgan fingerprint density at radius 2 is 1.84 bits per heavy atom. The van der Waals surface area contributed by atoms with Gasteiger partial charge in [0, 0.05) is 48.3 Å². The molecule has 19 heavy (non-hydrogen) atoms. The van der Waals surface area contributed by atoms with E-state index in [0.717, 1.165) is 6.54 Å². The summed E-state index contributed by atoms with van der Waals surface area (Å²) in [6.45, 7) is 7.83. The minimum atomic E-state index is 0.429. The Labute approximate surface area is 115 Å². The number of para-hydroxylation sites is 1. The lowest BCUT2D eigenvalue weighted by atomic mass is 10.0. The molecule has 1 aromatic carbocycles. The van der Waals surface area contributed by atoms with Gasteiger partial charge < -0.3 is 4.57 Å². The van der Waals surface area contributed by atoms with Crippen LogP contribution in [0.3, 0.4) is 0 Å². The number of benzene rings is 1. The van der Waals surface area contributed by atoms with E-state index in [0.29, 0.717) is 12.1 Å². The number of hydrogen-bond donors (Lipinski definition) is 0. The minimum absolute atomic E-state index is 0.429. The molecule has 0 saturated carbocycles. The molecule has 0 spiro atoms. The average Bonchev–Trinajstić information content (AvgIpc) is 2.70. The third kappa shape index (κ3) is 1.72. The Kier molecular flexibility index (Phi) is 2.91. The van der Waals surface area contributed by atoms with E-state index in [-0.39, 0.29) is 0 Å². The van der Waals surface area contributed by atoms with Crippen molar-refractivity contribution in [3.63, 3.8) is 0 Å². The Morgan fingerprint density at radius 1 is 1.16 bits per heavy atom. The molecule has 3 nitrogen and oxygen atoms in total. The molecule has 2 heterocycles. The van der Waals surface area contributed by atoms with E-state index in [2.05, 4.69) is 73.7 Å². The van der Waals surface area contributed by atoms with Gasteiger partial charge in [-0.15, -0.1) is 0 Å². The van der Waals surface area contributed by atoms with E-state index < -0.39 is 0 Å². The number of rotatable bonds is 1. The summed E-state index contributed by atoms with van der Waals surface area (Å²) in [5.41, 5.74) is 4.35. The molecule has 0 saturated heterocycles. The van der Waals surface area contributed by atoms with E-state index in [1.807, 2.05) is 0 Å². The van der Waals surface area contributed by atoms with Crippen LogP contribution in [-0.4, -0.2) is 28.7 Å². The van der Waals surface area contributed by atoms with Gasteiger partial charge in [0.2, 0.25) is 0 Å². The zero-order valence-corrected chi connectivity index (χ0v) is 12.5. The van der Waals surface area contributed by atoms with Gasteiger partial charge in [0.15, 0.2) is 0 Å². The normalized spacial score (nSPS) is 21.3. The first kappa shape index (κ1) is 12.7. The molecule has 0 N–H and O–H groups in total. The summed E-state index contributed by atoms with van der Waals surface area (Å²) >= 11 is 0. The summed E-state index contributed by atoms with van der Waals surface area (Å²) < 4.78 is 2.50. The van der Waals surface area contributed by atoms with Crippen LogP contribution in [0.1, 0.15) is 44.1 Å². The van der Waals surface area contributed by atoms with Crippen LogP contribution in [0.2, 0.25) is 0 Å². The highest BCUT2D eigenvalue weighted by atomic mass is 15.6. The predicted octanol–water partition coefficient (Wildman–Crippen LogP) is 3.58. The quantitative estimate of drug-likeness (QED) is 0.773. The summed E-state index contributed by atoms with van der Waals surface area (Å²) in [5.74, 6) is 0. The molecule has 0 fully saturated rings. The van der Waals surface area contributed by atoms with Crippen molar-refractivity contribution >= 4 is 10.9 Å². The van der Waals surface area contributed by atoms with Gasteiger partial charge in [-0.1, -0.05) is 18.2 Å². The van der Waals surface area contributed by atoms with Crippen molar-refractivity contribution in [1.29, 1.82) is 0 Å². The molecular formula is C16H23N3. The van der Waals surface area contributed by atoms with Crippen LogP contribution in [-0.2, 0) is 6.54 Å². The first-order valence-electron chi connectivity index (χ1n) is 7.08. The number of hydrazine groups is 1. The van der Waals surface area contributed by atoms with Crippen molar-refractivity contribution in [2.45, 2.75) is 39.4 Å². The third-order valence-corrected chi connectivity index (χ3v) is 4.47. The largest absolute Gasteiger partial charge is 0.340 e. The maximum Gasteiger partial charge on any atom is 0.0538 e. The summed E-state index contributed by atoms with van der Waals surface area (Å²) in [7, 11) is 4.34. The van der Waals surface area contributed by atoms with Gasteiger partial charge >= 0.3 is 0 Å². The maximum absolute atomic E-state index is 2.50. The molecule has 0 bridgehead atoms. The van der Waals surface area contributed by atoms with Crippen molar-refractivity contribution in [3.8, 4) is 0 Å². The van der Waals surface area contributed by atoms with Crippen molar-refractivity contribution in [1.82, 2.24) is 14.6 Å². The topological polar surface area (TPSA) is 11.4 Å². The van der Waals surface area contributed by atoms with Crippen molar-refractivity contribution < 1.29 is 0 Å². The van der Waals surface area contributed by atoms with Crippen LogP contribution in [0, 0.1) is 0 Å². The molecule has 0 amide bonds. The molecule has 2 aromatic rings. The molecule has 1 aliphatic rings. The van der Waals surface area contributed by atoms with Gasteiger partial charge in [-0.2, -0.15) is 0 Å². The smallest absolute Gasteiger partial charge is 0.0538 e. The molecule has 1 atom stereocenters. The highest BCUT2D eigenvalue weighted by molar-refractivity contribution is 5.86. The van der Waals surface area contributed by atoms with Crippen LogP contribution in [0.4, 0.5) is 0 Å². The summed E-state index contributed by atoms with van der Waals surface area (Å²) in [6, 6.07) is 9.74. The standard InChI is InChI=1S/C16H23N3/c1-11(2)19-14-9-7-6-8-13(14)16-12(3)18(5)17(4)10-15(16)19/h6-9,11-12H,10H2,1-5H3. The van der Waals surface area contributed by atoms with Crippen molar-refractivity contribution in [2.24, 2.45) is 0 Å². The third-order valence-electron chi connectivity index (χ3n) is 4.47. The number of fused-ring (bicyclic) bond motifs is 3. The van der Waals surface area contributed by atoms with Gasteiger partial charge in [0.1, 0.15) is 0 Å². The van der Waals surface area contributed by atoms with Crippen molar-refractivity contribution in [2.75, 3.05) is 14.1 Å². The molecule has 1 aromatic heterocycles. The Bertz CT molecular complexity index is 612. The second kappa shape index (κ2) is 4.36. The first-order valence-corrected chi connectivity index (χ1v) is 7.08. The highest BCUT2D eigenvalue weighted by Gasteiger charge is 2.31. The van der Waals surface area contributed by atoms with Gasteiger partial charge in [-0.25, -0.2) is 10.0 Å². The predicted molar refractivity (Wildman–Crippen MR) is 80.0 cm³/mol. The Balaban J connectivity index is 2.35. The highest BCUT2D eigenvalue weighted by Crippen LogP contribution is 2.39. The second-order valence-electron chi connectivity index (χ2n) is 5.91. The summed E-state index contributed by atoms with van der Waals surface area (Å²) in [5, 5.41) is 6.06. The first-order chi connectivity index (χ1) is 9.02. The minimum Gasteiger partial charge on any atom is -0.340 e. The molecule has 102 valence electrons. The molecule has 1 aliphatic heterocycles. The van der Waals surface area contributed by atoms with Crippen LogP contribution in [0.15, 0.2) is 24.3 Å². The molecular weight excluding hydrogens is 234 g/mol. The van der Waals surface area contributed by atoms with E-state index in [4.69, 9.17) is 0 Å². The fraction of sp³-hybridized carbons (Fsp3) is 0.500.